The molecule has 1 aromatic carbocycles. The SMILES string of the molecule is CCCNc1cncc(NC(C)c2ccc(Cl)cc2Cl)c1. The molecule has 112 valence electrons. The molecule has 0 radical (unpaired) electrons. The first kappa shape index (κ1) is 15.9. The van der Waals surface area contributed by atoms with Crippen molar-refractivity contribution in [3.05, 3.63) is 52.3 Å². The normalized spacial score (nSPS) is 12.0. The summed E-state index contributed by atoms with van der Waals surface area (Å²) in [5, 5.41) is 8.03. The molecule has 3 nitrogen and oxygen atoms in total. The lowest BCUT2D eigenvalue weighted by molar-refractivity contribution is 0.883. The Morgan fingerprint density at radius 2 is 1.90 bits per heavy atom. The highest BCUT2D eigenvalue weighted by atomic mass is 35.5. The van der Waals surface area contributed by atoms with Gasteiger partial charge >= 0.3 is 0 Å². The van der Waals surface area contributed by atoms with E-state index in [1.54, 1.807) is 12.3 Å². The first-order chi connectivity index (χ1) is 10.1. The van der Waals surface area contributed by atoms with Crippen molar-refractivity contribution in [2.75, 3.05) is 17.2 Å². The van der Waals surface area contributed by atoms with Crippen molar-refractivity contribution in [3.63, 3.8) is 0 Å². The summed E-state index contributed by atoms with van der Waals surface area (Å²) in [6, 6.07) is 7.66. The molecule has 0 amide bonds. The van der Waals surface area contributed by atoms with Crippen molar-refractivity contribution >= 4 is 34.6 Å². The van der Waals surface area contributed by atoms with E-state index in [4.69, 9.17) is 23.2 Å². The predicted octanol–water partition coefficient (Wildman–Crippen LogP) is 5.38. The van der Waals surface area contributed by atoms with Crippen molar-refractivity contribution in [1.29, 1.82) is 0 Å². The number of benzene rings is 1. The van der Waals surface area contributed by atoms with Gasteiger partial charge < -0.3 is 10.6 Å². The van der Waals surface area contributed by atoms with Crippen LogP contribution in [-0.2, 0) is 0 Å². The number of hydrogen-bond donors (Lipinski definition) is 2. The molecule has 2 N–H and O–H groups in total. The van der Waals surface area contributed by atoms with E-state index < -0.39 is 0 Å². The van der Waals surface area contributed by atoms with Crippen molar-refractivity contribution in [1.82, 2.24) is 4.98 Å². The van der Waals surface area contributed by atoms with Crippen molar-refractivity contribution < 1.29 is 0 Å². The second-order valence-electron chi connectivity index (χ2n) is 4.92. The molecule has 0 aliphatic heterocycles. The lowest BCUT2D eigenvalue weighted by Crippen LogP contribution is -2.08. The number of pyridine rings is 1. The van der Waals surface area contributed by atoms with Crippen LogP contribution < -0.4 is 10.6 Å². The Bertz CT molecular complexity index is 602. The van der Waals surface area contributed by atoms with Gasteiger partial charge in [-0.15, -0.1) is 0 Å². The Labute approximate surface area is 135 Å². The van der Waals surface area contributed by atoms with Gasteiger partial charge in [-0.2, -0.15) is 0 Å². The second-order valence-corrected chi connectivity index (χ2v) is 5.76. The Morgan fingerprint density at radius 3 is 2.62 bits per heavy atom. The van der Waals surface area contributed by atoms with Crippen LogP contribution in [0.1, 0.15) is 31.9 Å². The van der Waals surface area contributed by atoms with Crippen LogP contribution in [0, 0.1) is 0 Å². The maximum atomic E-state index is 6.24. The zero-order chi connectivity index (χ0) is 15.2. The maximum Gasteiger partial charge on any atom is 0.0552 e. The molecule has 0 spiro atoms. The quantitative estimate of drug-likeness (QED) is 0.748. The smallest absolute Gasteiger partial charge is 0.0552 e. The summed E-state index contributed by atoms with van der Waals surface area (Å²) in [5.41, 5.74) is 2.97. The summed E-state index contributed by atoms with van der Waals surface area (Å²) >= 11 is 12.2. The predicted molar refractivity (Wildman–Crippen MR) is 91.5 cm³/mol. The molecule has 1 aromatic heterocycles. The van der Waals surface area contributed by atoms with Crippen LogP contribution in [0.25, 0.3) is 0 Å². The summed E-state index contributed by atoms with van der Waals surface area (Å²) in [7, 11) is 0. The van der Waals surface area contributed by atoms with Crippen LogP contribution >= 0.6 is 23.2 Å². The topological polar surface area (TPSA) is 37.0 Å². The molecule has 0 aliphatic carbocycles. The molecular formula is C16H19Cl2N3. The van der Waals surface area contributed by atoms with Crippen LogP contribution in [0.5, 0.6) is 0 Å². The number of rotatable bonds is 6. The summed E-state index contributed by atoms with van der Waals surface area (Å²) < 4.78 is 0. The zero-order valence-corrected chi connectivity index (χ0v) is 13.7. The molecular weight excluding hydrogens is 305 g/mol. The van der Waals surface area contributed by atoms with Crippen LogP contribution in [-0.4, -0.2) is 11.5 Å². The minimum absolute atomic E-state index is 0.0676. The van der Waals surface area contributed by atoms with E-state index in [9.17, 15) is 0 Å². The van der Waals surface area contributed by atoms with Gasteiger partial charge in [-0.05, 0) is 37.1 Å². The third kappa shape index (κ3) is 4.51. The van der Waals surface area contributed by atoms with Gasteiger partial charge in [0, 0.05) is 16.6 Å². The summed E-state index contributed by atoms with van der Waals surface area (Å²) in [4.78, 5) is 4.24. The third-order valence-corrected chi connectivity index (χ3v) is 3.69. The molecule has 2 aromatic rings. The monoisotopic (exact) mass is 323 g/mol. The number of hydrogen-bond acceptors (Lipinski definition) is 3. The van der Waals surface area contributed by atoms with Gasteiger partial charge in [0.1, 0.15) is 0 Å². The molecule has 1 unspecified atom stereocenters. The van der Waals surface area contributed by atoms with Crippen LogP contribution in [0.2, 0.25) is 10.0 Å². The van der Waals surface area contributed by atoms with Gasteiger partial charge in [-0.3, -0.25) is 4.98 Å². The molecule has 0 saturated heterocycles. The van der Waals surface area contributed by atoms with Crippen LogP contribution in [0.3, 0.4) is 0 Å². The average Bonchev–Trinajstić information content (AvgIpc) is 2.45. The van der Waals surface area contributed by atoms with Crippen LogP contribution in [0.4, 0.5) is 11.4 Å². The first-order valence-electron chi connectivity index (χ1n) is 7.00. The average molecular weight is 324 g/mol. The lowest BCUT2D eigenvalue weighted by Gasteiger charge is -2.17. The minimum atomic E-state index is 0.0676. The van der Waals surface area contributed by atoms with E-state index in [1.165, 1.54) is 0 Å². The first-order valence-corrected chi connectivity index (χ1v) is 7.76. The highest BCUT2D eigenvalue weighted by Crippen LogP contribution is 2.28. The number of nitrogens with one attached hydrogen (secondary N) is 2. The number of anilines is 2. The summed E-state index contributed by atoms with van der Waals surface area (Å²) in [5.74, 6) is 0. The van der Waals surface area contributed by atoms with Gasteiger partial charge in [0.15, 0.2) is 0 Å². The standard InChI is InChI=1S/C16H19Cl2N3/c1-3-6-20-13-8-14(10-19-9-13)21-11(2)15-5-4-12(17)7-16(15)18/h4-5,7-11,20-21H,3,6H2,1-2H3. The van der Waals surface area contributed by atoms with Gasteiger partial charge in [0.05, 0.1) is 29.8 Å². The molecule has 1 atom stereocenters. The van der Waals surface area contributed by atoms with Crippen molar-refractivity contribution in [2.24, 2.45) is 0 Å². The molecule has 0 saturated carbocycles. The van der Waals surface area contributed by atoms with E-state index >= 15 is 0 Å². The molecule has 2 rings (SSSR count). The van der Waals surface area contributed by atoms with E-state index in [0.717, 1.165) is 29.9 Å². The fourth-order valence-corrected chi connectivity index (χ4v) is 2.64. The van der Waals surface area contributed by atoms with Crippen molar-refractivity contribution in [2.45, 2.75) is 26.3 Å². The lowest BCUT2D eigenvalue weighted by atomic mass is 10.1. The Balaban J connectivity index is 2.10. The van der Waals surface area contributed by atoms with Gasteiger partial charge in [-0.1, -0.05) is 36.2 Å². The molecule has 1 heterocycles. The van der Waals surface area contributed by atoms with Gasteiger partial charge in [0.25, 0.3) is 0 Å². The summed E-state index contributed by atoms with van der Waals surface area (Å²) in [6.45, 7) is 5.12. The maximum absolute atomic E-state index is 6.24. The van der Waals surface area contributed by atoms with E-state index in [0.29, 0.717) is 10.0 Å². The highest BCUT2D eigenvalue weighted by Gasteiger charge is 2.10. The zero-order valence-electron chi connectivity index (χ0n) is 12.2. The minimum Gasteiger partial charge on any atom is -0.384 e. The summed E-state index contributed by atoms with van der Waals surface area (Å²) in [6.07, 6.45) is 4.70. The Morgan fingerprint density at radius 1 is 1.14 bits per heavy atom. The number of aromatic nitrogens is 1. The molecule has 0 aliphatic rings. The molecule has 0 bridgehead atoms. The van der Waals surface area contributed by atoms with E-state index in [2.05, 4.69) is 29.5 Å². The Kier molecular flexibility index (Phi) is 5.71. The largest absolute Gasteiger partial charge is 0.384 e. The number of halogens is 2. The third-order valence-electron chi connectivity index (χ3n) is 3.13. The van der Waals surface area contributed by atoms with Crippen LogP contribution in [0.15, 0.2) is 36.7 Å². The fourth-order valence-electron chi connectivity index (χ4n) is 2.07. The Hall–Kier alpha value is -1.45. The molecule has 21 heavy (non-hydrogen) atoms. The second kappa shape index (κ2) is 7.53. The highest BCUT2D eigenvalue weighted by molar-refractivity contribution is 6.35. The van der Waals surface area contributed by atoms with E-state index in [-0.39, 0.29) is 6.04 Å². The van der Waals surface area contributed by atoms with E-state index in [1.807, 2.05) is 24.4 Å². The fraction of sp³-hybridized carbons (Fsp3) is 0.312. The molecule has 5 heteroatoms. The van der Waals surface area contributed by atoms with Gasteiger partial charge in [-0.25, -0.2) is 0 Å². The van der Waals surface area contributed by atoms with Crippen molar-refractivity contribution in [3.8, 4) is 0 Å². The molecule has 0 fully saturated rings. The number of nitrogens with zero attached hydrogens (tertiary/aromatic N) is 1. The van der Waals surface area contributed by atoms with Gasteiger partial charge in [0.2, 0.25) is 0 Å².